The first-order valence-electron chi connectivity index (χ1n) is 5.67. The molecule has 0 heterocycles. The van der Waals surface area contributed by atoms with Gasteiger partial charge in [0, 0.05) is 30.3 Å². The minimum Gasteiger partial charge on any atom is -0.380 e. The van der Waals surface area contributed by atoms with Crippen LogP contribution in [0.5, 0.6) is 0 Å². The first-order valence-corrected chi connectivity index (χ1v) is 7.54. The largest absolute Gasteiger partial charge is 0.380 e. The van der Waals surface area contributed by atoms with Crippen LogP contribution in [-0.2, 0) is 21.3 Å². The number of ether oxygens (including phenoxy) is 1. The van der Waals surface area contributed by atoms with Crippen molar-refractivity contribution in [1.29, 1.82) is 0 Å². The van der Waals surface area contributed by atoms with Gasteiger partial charge >= 0.3 is 0 Å². The molecule has 1 rings (SSSR count). The molecule has 3 N–H and O–H groups in total. The van der Waals surface area contributed by atoms with Gasteiger partial charge in [0.25, 0.3) is 0 Å². The summed E-state index contributed by atoms with van der Waals surface area (Å²) < 4.78 is 45.0. The average molecular weight is 311 g/mol. The Balaban J connectivity index is 2.98. The van der Waals surface area contributed by atoms with Crippen molar-refractivity contribution in [3.63, 3.8) is 0 Å². The number of sulfonamides is 1. The lowest BCUT2D eigenvalue weighted by atomic mass is 10.2. The Morgan fingerprint density at radius 3 is 2.74 bits per heavy atom. The molecule has 0 saturated heterocycles. The summed E-state index contributed by atoms with van der Waals surface area (Å²) in [4.78, 5) is -0.503. The summed E-state index contributed by atoms with van der Waals surface area (Å²) in [5.74, 6) is -0.879. The minimum absolute atomic E-state index is 0.0534. The van der Waals surface area contributed by atoms with Crippen LogP contribution >= 0.6 is 11.6 Å². The van der Waals surface area contributed by atoms with E-state index in [1.54, 1.807) is 6.92 Å². The Labute approximate surface area is 116 Å². The zero-order valence-corrected chi connectivity index (χ0v) is 12.0. The molecule has 8 heteroatoms. The highest BCUT2D eigenvalue weighted by Crippen LogP contribution is 2.23. The van der Waals surface area contributed by atoms with Crippen molar-refractivity contribution in [2.24, 2.45) is 5.73 Å². The van der Waals surface area contributed by atoms with E-state index in [0.29, 0.717) is 6.61 Å². The molecule has 19 heavy (non-hydrogen) atoms. The van der Waals surface area contributed by atoms with Crippen LogP contribution in [-0.4, -0.2) is 28.2 Å². The van der Waals surface area contributed by atoms with Gasteiger partial charge in [-0.1, -0.05) is 11.6 Å². The predicted octanol–water partition coefficient (Wildman–Crippen LogP) is 1.25. The van der Waals surface area contributed by atoms with Crippen molar-refractivity contribution >= 4 is 21.6 Å². The second-order valence-electron chi connectivity index (χ2n) is 3.68. The van der Waals surface area contributed by atoms with E-state index in [0.717, 1.165) is 6.07 Å². The molecule has 0 atom stereocenters. The molecule has 1 aromatic carbocycles. The number of benzene rings is 1. The Bertz CT molecular complexity index is 537. The second kappa shape index (κ2) is 7.16. The molecule has 0 spiro atoms. The van der Waals surface area contributed by atoms with E-state index in [1.807, 2.05) is 0 Å². The summed E-state index contributed by atoms with van der Waals surface area (Å²) in [6.45, 7) is 2.40. The monoisotopic (exact) mass is 310 g/mol. The molecule has 0 aromatic heterocycles. The molecule has 5 nitrogen and oxygen atoms in total. The fraction of sp³-hybridized carbons (Fsp3) is 0.455. The summed E-state index contributed by atoms with van der Waals surface area (Å²) in [7, 11) is -3.97. The molecule has 0 amide bonds. The molecular weight excluding hydrogens is 295 g/mol. The lowest BCUT2D eigenvalue weighted by Crippen LogP contribution is -2.28. The van der Waals surface area contributed by atoms with Gasteiger partial charge in [-0.25, -0.2) is 17.5 Å². The molecule has 0 unspecified atom stereocenters. The smallest absolute Gasteiger partial charge is 0.243 e. The van der Waals surface area contributed by atoms with Crippen LogP contribution in [0.25, 0.3) is 0 Å². The highest BCUT2D eigenvalue weighted by Gasteiger charge is 2.21. The topological polar surface area (TPSA) is 81.4 Å². The van der Waals surface area contributed by atoms with Crippen molar-refractivity contribution < 1.29 is 17.5 Å². The normalized spacial score (nSPS) is 11.8. The van der Waals surface area contributed by atoms with Crippen molar-refractivity contribution in [3.05, 3.63) is 28.5 Å². The van der Waals surface area contributed by atoms with Crippen LogP contribution < -0.4 is 10.5 Å². The molecule has 0 saturated carbocycles. The molecule has 0 bridgehead atoms. The Hall–Kier alpha value is -0.730. The van der Waals surface area contributed by atoms with Gasteiger partial charge in [0.05, 0.1) is 6.61 Å². The van der Waals surface area contributed by atoms with Crippen molar-refractivity contribution in [2.75, 3.05) is 19.8 Å². The molecule has 0 aliphatic carbocycles. The van der Waals surface area contributed by atoms with E-state index in [9.17, 15) is 12.8 Å². The van der Waals surface area contributed by atoms with E-state index in [1.165, 1.54) is 6.07 Å². The summed E-state index contributed by atoms with van der Waals surface area (Å²) >= 11 is 5.75. The van der Waals surface area contributed by atoms with E-state index in [2.05, 4.69) is 4.72 Å². The molecule has 1 aromatic rings. The first kappa shape index (κ1) is 16.3. The molecule has 0 aliphatic heterocycles. The van der Waals surface area contributed by atoms with E-state index in [-0.39, 0.29) is 30.3 Å². The Kier molecular flexibility index (Phi) is 6.15. The summed E-state index contributed by atoms with van der Waals surface area (Å²) in [5, 5.41) is 0.118. The van der Waals surface area contributed by atoms with Crippen molar-refractivity contribution in [3.8, 4) is 0 Å². The van der Waals surface area contributed by atoms with Gasteiger partial charge < -0.3 is 10.5 Å². The van der Waals surface area contributed by atoms with E-state index >= 15 is 0 Å². The fourth-order valence-corrected chi connectivity index (χ4v) is 2.89. The number of hydrogen-bond donors (Lipinski definition) is 2. The molecule has 0 aliphatic rings. The number of hydrogen-bond acceptors (Lipinski definition) is 4. The maximum atomic E-state index is 13.9. The number of halogens is 2. The third-order valence-electron chi connectivity index (χ3n) is 2.33. The van der Waals surface area contributed by atoms with E-state index < -0.39 is 20.7 Å². The first-order chi connectivity index (χ1) is 8.92. The molecule has 108 valence electrons. The van der Waals surface area contributed by atoms with Crippen molar-refractivity contribution in [1.82, 2.24) is 4.72 Å². The Morgan fingerprint density at radius 1 is 1.47 bits per heavy atom. The van der Waals surface area contributed by atoms with Crippen LogP contribution in [0.1, 0.15) is 12.5 Å². The van der Waals surface area contributed by atoms with E-state index in [4.69, 9.17) is 22.1 Å². The SMILES string of the molecule is CCOCCNS(=O)(=O)c1cc(Cl)cc(CN)c1F. The van der Waals surface area contributed by atoms with Crippen LogP contribution in [0.2, 0.25) is 5.02 Å². The molecular formula is C11H16ClFN2O3S. The van der Waals surface area contributed by atoms with Gasteiger partial charge in [-0.2, -0.15) is 0 Å². The van der Waals surface area contributed by atoms with Gasteiger partial charge in [0.1, 0.15) is 10.7 Å². The highest BCUT2D eigenvalue weighted by atomic mass is 35.5. The van der Waals surface area contributed by atoms with Crippen LogP contribution in [0.3, 0.4) is 0 Å². The zero-order chi connectivity index (χ0) is 14.5. The third kappa shape index (κ3) is 4.39. The quantitative estimate of drug-likeness (QED) is 0.743. The van der Waals surface area contributed by atoms with Crippen LogP contribution in [0.4, 0.5) is 4.39 Å². The number of nitrogens with one attached hydrogen (secondary N) is 1. The highest BCUT2D eigenvalue weighted by molar-refractivity contribution is 7.89. The summed E-state index contributed by atoms with van der Waals surface area (Å²) in [6.07, 6.45) is 0. The van der Waals surface area contributed by atoms with Gasteiger partial charge in [-0.15, -0.1) is 0 Å². The number of nitrogens with two attached hydrogens (primary N) is 1. The van der Waals surface area contributed by atoms with Gasteiger partial charge in [0.15, 0.2) is 0 Å². The van der Waals surface area contributed by atoms with Gasteiger partial charge in [-0.3, -0.25) is 0 Å². The standard InChI is InChI=1S/C11H16ClFN2O3S/c1-2-18-4-3-15-19(16,17)10-6-9(12)5-8(7-14)11(10)13/h5-6,15H,2-4,7,14H2,1H3. The number of rotatable bonds is 7. The fourth-order valence-electron chi connectivity index (χ4n) is 1.43. The van der Waals surface area contributed by atoms with Crippen LogP contribution in [0.15, 0.2) is 17.0 Å². The van der Waals surface area contributed by atoms with Crippen molar-refractivity contribution in [2.45, 2.75) is 18.4 Å². The lowest BCUT2D eigenvalue weighted by molar-refractivity contribution is 0.153. The Morgan fingerprint density at radius 2 is 2.16 bits per heavy atom. The summed E-state index contributed by atoms with van der Waals surface area (Å²) in [6, 6.07) is 2.36. The lowest BCUT2D eigenvalue weighted by Gasteiger charge is -2.10. The molecule has 0 radical (unpaired) electrons. The maximum absolute atomic E-state index is 13.9. The van der Waals surface area contributed by atoms with Gasteiger partial charge in [0.2, 0.25) is 10.0 Å². The third-order valence-corrected chi connectivity index (χ3v) is 4.01. The molecule has 0 fully saturated rings. The minimum atomic E-state index is -3.97. The average Bonchev–Trinajstić information content (AvgIpc) is 2.37. The summed E-state index contributed by atoms with van der Waals surface area (Å²) in [5.41, 5.74) is 5.39. The van der Waals surface area contributed by atoms with Crippen LogP contribution in [0, 0.1) is 5.82 Å². The maximum Gasteiger partial charge on any atom is 0.243 e. The van der Waals surface area contributed by atoms with Gasteiger partial charge in [-0.05, 0) is 19.1 Å². The predicted molar refractivity (Wildman–Crippen MR) is 71.0 cm³/mol. The zero-order valence-electron chi connectivity index (χ0n) is 10.4. The second-order valence-corrected chi connectivity index (χ2v) is 5.85.